The van der Waals surface area contributed by atoms with Crippen LogP contribution in [0.4, 0.5) is 0 Å². The molecule has 0 spiro atoms. The number of rotatable bonds is 0. The van der Waals surface area contributed by atoms with Crippen molar-refractivity contribution in [2.24, 2.45) is 0 Å². The van der Waals surface area contributed by atoms with E-state index in [9.17, 15) is 0 Å². The summed E-state index contributed by atoms with van der Waals surface area (Å²) < 4.78 is 4.60. The summed E-state index contributed by atoms with van der Waals surface area (Å²) in [5, 5.41) is 17.1. The minimum absolute atomic E-state index is 0.0590. The van der Waals surface area contributed by atoms with E-state index in [-0.39, 0.29) is 6.61 Å². The van der Waals surface area contributed by atoms with Crippen LogP contribution in [0, 0.1) is 11.3 Å². The van der Waals surface area contributed by atoms with Crippen molar-refractivity contribution in [3.63, 3.8) is 0 Å². The third kappa shape index (κ3) is 0.658. The summed E-state index contributed by atoms with van der Waals surface area (Å²) in [4.78, 5) is 0. The van der Waals surface area contributed by atoms with Gasteiger partial charge in [-0.3, -0.25) is 0 Å². The average Bonchev–Trinajstić information content (AvgIpc) is 2.17. The fraction of sp³-hybridized carbons (Fsp3) is 0.400. The van der Waals surface area contributed by atoms with Gasteiger partial charge in [0.1, 0.15) is 12.7 Å². The number of hydrogen-bond acceptors (Lipinski definition) is 3. The predicted octanol–water partition coefficient (Wildman–Crippen LogP) is -0.215. The number of aliphatic hydroxyl groups is 1. The molecule has 1 heterocycles. The smallest absolute Gasteiger partial charge is 0.207 e. The molecule has 0 amide bonds. The molecule has 0 bridgehead atoms. The van der Waals surface area contributed by atoms with Gasteiger partial charge in [-0.25, -0.2) is 0 Å². The Labute approximate surface area is 46.8 Å². The Morgan fingerprint density at radius 3 is 2.88 bits per heavy atom. The molecule has 0 aromatic carbocycles. The van der Waals surface area contributed by atoms with E-state index in [2.05, 4.69) is 4.74 Å². The maximum atomic E-state index is 8.93. The quantitative estimate of drug-likeness (QED) is 0.440. The van der Waals surface area contributed by atoms with E-state index in [1.807, 2.05) is 0 Å². The first-order valence-corrected chi connectivity index (χ1v) is 2.20. The molecule has 3 heteroatoms. The van der Waals surface area contributed by atoms with Gasteiger partial charge in [-0.2, -0.15) is 5.26 Å². The van der Waals surface area contributed by atoms with Crippen LogP contribution < -0.4 is 0 Å². The summed E-state index contributed by atoms with van der Waals surface area (Å²) in [5.41, 5.74) is -1.36. The number of ether oxygens (including phenoxy) is 1. The Kier molecular flexibility index (Phi) is 0.959. The van der Waals surface area contributed by atoms with Crippen LogP contribution in [0.2, 0.25) is 0 Å². The molecule has 0 aliphatic carbocycles. The molecule has 0 aromatic heterocycles. The molecule has 3 nitrogen and oxygen atoms in total. The highest BCUT2D eigenvalue weighted by Gasteiger charge is 2.27. The summed E-state index contributed by atoms with van der Waals surface area (Å²) in [6.07, 6.45) is 2.65. The SMILES string of the molecule is N#C[C@@]1(O)C=COC1. The lowest BCUT2D eigenvalue weighted by molar-refractivity contribution is 0.0926. The first kappa shape index (κ1) is 5.13. The molecule has 0 radical (unpaired) electrons. The number of nitriles is 1. The van der Waals surface area contributed by atoms with Crippen LogP contribution in [0.25, 0.3) is 0 Å². The third-order valence-electron chi connectivity index (χ3n) is 0.937. The fourth-order valence-corrected chi connectivity index (χ4v) is 0.453. The van der Waals surface area contributed by atoms with E-state index in [0.717, 1.165) is 0 Å². The molecular weight excluding hydrogens is 106 g/mol. The predicted molar refractivity (Wildman–Crippen MR) is 25.7 cm³/mol. The summed E-state index contributed by atoms with van der Waals surface area (Å²) >= 11 is 0. The maximum absolute atomic E-state index is 8.93. The van der Waals surface area contributed by atoms with Crippen molar-refractivity contribution in [2.45, 2.75) is 5.60 Å². The first-order chi connectivity index (χ1) is 3.77. The third-order valence-corrected chi connectivity index (χ3v) is 0.937. The van der Waals surface area contributed by atoms with Crippen molar-refractivity contribution in [1.82, 2.24) is 0 Å². The van der Waals surface area contributed by atoms with E-state index in [1.54, 1.807) is 6.07 Å². The second-order valence-electron chi connectivity index (χ2n) is 1.65. The van der Waals surface area contributed by atoms with Gasteiger partial charge in [0.15, 0.2) is 0 Å². The number of hydrogen-bond donors (Lipinski definition) is 1. The molecule has 0 fully saturated rings. The lowest BCUT2D eigenvalue weighted by Crippen LogP contribution is -2.24. The fourth-order valence-electron chi connectivity index (χ4n) is 0.453. The van der Waals surface area contributed by atoms with Crippen LogP contribution in [0.5, 0.6) is 0 Å². The van der Waals surface area contributed by atoms with Gasteiger partial charge in [-0.05, 0) is 6.08 Å². The van der Waals surface area contributed by atoms with Crippen LogP contribution in [-0.4, -0.2) is 17.3 Å². The van der Waals surface area contributed by atoms with E-state index >= 15 is 0 Å². The maximum Gasteiger partial charge on any atom is 0.207 e. The summed E-state index contributed by atoms with van der Waals surface area (Å²) in [5.74, 6) is 0. The monoisotopic (exact) mass is 111 g/mol. The molecular formula is C5H5NO2. The van der Waals surface area contributed by atoms with Gasteiger partial charge in [-0.15, -0.1) is 0 Å². The first-order valence-electron chi connectivity index (χ1n) is 2.20. The molecule has 1 aliphatic heterocycles. The highest BCUT2D eigenvalue weighted by Crippen LogP contribution is 2.11. The molecule has 0 unspecified atom stereocenters. The van der Waals surface area contributed by atoms with Crippen LogP contribution in [0.3, 0.4) is 0 Å². The minimum Gasteiger partial charge on any atom is -0.497 e. The van der Waals surface area contributed by atoms with Crippen molar-refractivity contribution < 1.29 is 9.84 Å². The minimum atomic E-state index is -1.36. The van der Waals surface area contributed by atoms with Gasteiger partial charge in [0.25, 0.3) is 0 Å². The average molecular weight is 111 g/mol. The molecule has 8 heavy (non-hydrogen) atoms. The van der Waals surface area contributed by atoms with Crippen molar-refractivity contribution in [1.29, 1.82) is 5.26 Å². The highest BCUT2D eigenvalue weighted by atomic mass is 16.5. The van der Waals surface area contributed by atoms with Crippen molar-refractivity contribution >= 4 is 0 Å². The molecule has 0 aromatic rings. The van der Waals surface area contributed by atoms with Gasteiger partial charge in [0.2, 0.25) is 5.60 Å². The molecule has 1 atom stereocenters. The largest absolute Gasteiger partial charge is 0.497 e. The lowest BCUT2D eigenvalue weighted by atomic mass is 10.1. The van der Waals surface area contributed by atoms with Crippen molar-refractivity contribution in [2.75, 3.05) is 6.61 Å². The Bertz CT molecular complexity index is 158. The van der Waals surface area contributed by atoms with E-state index in [4.69, 9.17) is 10.4 Å². The van der Waals surface area contributed by atoms with Crippen LogP contribution in [0.1, 0.15) is 0 Å². The lowest BCUT2D eigenvalue weighted by Gasteiger charge is -2.04. The van der Waals surface area contributed by atoms with E-state index in [0.29, 0.717) is 0 Å². The second-order valence-corrected chi connectivity index (χ2v) is 1.65. The van der Waals surface area contributed by atoms with Gasteiger partial charge >= 0.3 is 0 Å². The molecule has 1 rings (SSSR count). The normalized spacial score (nSPS) is 34.0. The highest BCUT2D eigenvalue weighted by molar-refractivity contribution is 5.16. The second kappa shape index (κ2) is 1.49. The molecule has 1 N–H and O–H groups in total. The summed E-state index contributed by atoms with van der Waals surface area (Å²) in [6.45, 7) is 0.0590. The zero-order chi connectivity index (χ0) is 6.04. The van der Waals surface area contributed by atoms with Crippen molar-refractivity contribution in [3.05, 3.63) is 12.3 Å². The van der Waals surface area contributed by atoms with Crippen LogP contribution in [0.15, 0.2) is 12.3 Å². The Morgan fingerprint density at radius 2 is 2.62 bits per heavy atom. The standard InChI is InChI=1S/C5H5NO2/c6-3-5(7)1-2-8-4-5/h1-2,7H,4H2/t5-/m0/s1. The summed E-state index contributed by atoms with van der Waals surface area (Å²) in [6, 6.07) is 1.68. The molecule has 0 saturated heterocycles. The zero-order valence-corrected chi connectivity index (χ0v) is 4.16. The van der Waals surface area contributed by atoms with Gasteiger partial charge in [0.05, 0.1) is 6.26 Å². The molecule has 0 saturated carbocycles. The summed E-state index contributed by atoms with van der Waals surface area (Å²) in [7, 11) is 0. The van der Waals surface area contributed by atoms with E-state index < -0.39 is 5.60 Å². The number of nitrogens with zero attached hydrogens (tertiary/aromatic N) is 1. The Morgan fingerprint density at radius 1 is 1.88 bits per heavy atom. The van der Waals surface area contributed by atoms with Gasteiger partial charge in [-0.1, -0.05) is 0 Å². The molecule has 1 aliphatic rings. The topological polar surface area (TPSA) is 53.2 Å². The Hall–Kier alpha value is -1.01. The van der Waals surface area contributed by atoms with Gasteiger partial charge < -0.3 is 9.84 Å². The van der Waals surface area contributed by atoms with E-state index in [1.165, 1.54) is 12.3 Å². The van der Waals surface area contributed by atoms with Crippen LogP contribution in [-0.2, 0) is 4.74 Å². The van der Waals surface area contributed by atoms with Crippen LogP contribution >= 0.6 is 0 Å². The molecule has 42 valence electrons. The zero-order valence-electron chi connectivity index (χ0n) is 4.16. The van der Waals surface area contributed by atoms with Gasteiger partial charge in [0, 0.05) is 0 Å². The Balaban J connectivity index is 2.72. The van der Waals surface area contributed by atoms with Crippen molar-refractivity contribution in [3.8, 4) is 6.07 Å².